The molecule has 2 aromatic rings. The second kappa shape index (κ2) is 7.53. The number of carbonyl (C=O) groups excluding carboxylic acids is 1. The van der Waals surface area contributed by atoms with Crippen LogP contribution in [-0.2, 0) is 14.2 Å². The monoisotopic (exact) mass is 450 g/mol. The summed E-state index contributed by atoms with van der Waals surface area (Å²) in [5, 5.41) is 4.29. The van der Waals surface area contributed by atoms with Gasteiger partial charge in [-0.05, 0) is 47.1 Å². The summed E-state index contributed by atoms with van der Waals surface area (Å²) in [7, 11) is 1.79. The van der Waals surface area contributed by atoms with E-state index in [4.69, 9.17) is 25.8 Å². The highest BCUT2D eigenvalue weighted by molar-refractivity contribution is 6.34. The Morgan fingerprint density at radius 2 is 2.03 bits per heavy atom. The molecular formula is C22H31ClN4O4. The van der Waals surface area contributed by atoms with Crippen molar-refractivity contribution in [2.24, 2.45) is 0 Å². The summed E-state index contributed by atoms with van der Waals surface area (Å²) >= 11 is 6.42. The fourth-order valence-electron chi connectivity index (χ4n) is 4.68. The number of aromatic nitrogens is 2. The summed E-state index contributed by atoms with van der Waals surface area (Å²) in [6.07, 6.45) is 1.61. The minimum absolute atomic E-state index is 0.183. The number of fused-ring (bicyclic) bond motifs is 2. The molecule has 0 spiro atoms. The van der Waals surface area contributed by atoms with Crippen LogP contribution in [0.2, 0.25) is 5.15 Å². The number of nitrogens with one attached hydrogen (secondary N) is 2. The van der Waals surface area contributed by atoms with Gasteiger partial charge in [-0.15, -0.1) is 0 Å². The van der Waals surface area contributed by atoms with Gasteiger partial charge in [0.15, 0.2) is 10.9 Å². The Morgan fingerprint density at radius 3 is 2.65 bits per heavy atom. The van der Waals surface area contributed by atoms with Crippen molar-refractivity contribution >= 4 is 34.4 Å². The Morgan fingerprint density at radius 1 is 1.35 bits per heavy atom. The maximum absolute atomic E-state index is 13.4. The zero-order valence-electron chi connectivity index (χ0n) is 19.1. The number of H-pyrrole nitrogens is 1. The molecule has 2 fully saturated rings. The number of hydrogen-bond donors (Lipinski definition) is 2. The lowest BCUT2D eigenvalue weighted by Crippen LogP contribution is -2.45. The number of pyridine rings is 1. The van der Waals surface area contributed by atoms with Gasteiger partial charge in [-0.1, -0.05) is 18.5 Å². The molecule has 4 heterocycles. The normalized spacial score (nSPS) is 27.5. The van der Waals surface area contributed by atoms with Crippen LogP contribution in [0.1, 0.15) is 59.6 Å². The van der Waals surface area contributed by atoms with Crippen LogP contribution in [0.15, 0.2) is 12.3 Å². The van der Waals surface area contributed by atoms with Crippen molar-refractivity contribution in [1.29, 1.82) is 0 Å². The number of likely N-dealkylation sites (tertiary alicyclic amines) is 1. The van der Waals surface area contributed by atoms with Crippen LogP contribution in [0.25, 0.3) is 10.9 Å². The molecule has 2 aliphatic rings. The molecule has 0 aliphatic carbocycles. The Balaban J connectivity index is 1.86. The topological polar surface area (TPSA) is 88.7 Å². The minimum Gasteiger partial charge on any atom is -0.444 e. The standard InChI is InChI=1S/C22H31ClN4O4/c1-8-13-17-18(30-22(5,6)29-17)16(27(13)20(28)31-21(2,3)4)12-10-25-15-11(12)9-14(24-7)26-19(15)23/h9-10,13,16-18,25H,8H2,1-7H3,(H,24,26)/t13-,16+,17-,18+/m1/s1. The second-order valence-electron chi connectivity index (χ2n) is 9.59. The molecule has 9 heteroatoms. The van der Waals surface area contributed by atoms with E-state index < -0.39 is 17.4 Å². The lowest BCUT2D eigenvalue weighted by molar-refractivity contribution is -0.167. The Kier molecular flexibility index (Phi) is 5.39. The van der Waals surface area contributed by atoms with E-state index in [0.29, 0.717) is 17.4 Å². The molecule has 0 radical (unpaired) electrons. The van der Waals surface area contributed by atoms with Gasteiger partial charge in [-0.3, -0.25) is 4.90 Å². The number of ether oxygens (including phenoxy) is 3. The predicted octanol–water partition coefficient (Wildman–Crippen LogP) is 4.85. The van der Waals surface area contributed by atoms with Gasteiger partial charge in [0.2, 0.25) is 0 Å². The van der Waals surface area contributed by atoms with Crippen LogP contribution in [0.5, 0.6) is 0 Å². The van der Waals surface area contributed by atoms with Crippen LogP contribution in [0, 0.1) is 0 Å². The van der Waals surface area contributed by atoms with Crippen molar-refractivity contribution in [3.63, 3.8) is 0 Å². The Bertz CT molecular complexity index is 999. The predicted molar refractivity (Wildman–Crippen MR) is 119 cm³/mol. The molecule has 170 valence electrons. The second-order valence-corrected chi connectivity index (χ2v) is 9.95. The zero-order valence-corrected chi connectivity index (χ0v) is 19.8. The number of aromatic amines is 1. The van der Waals surface area contributed by atoms with Gasteiger partial charge in [0.1, 0.15) is 23.6 Å². The van der Waals surface area contributed by atoms with E-state index in [0.717, 1.165) is 16.5 Å². The third kappa shape index (κ3) is 3.85. The highest BCUT2D eigenvalue weighted by Gasteiger charge is 2.60. The minimum atomic E-state index is -0.734. The lowest BCUT2D eigenvalue weighted by Gasteiger charge is -2.35. The summed E-state index contributed by atoms with van der Waals surface area (Å²) in [6.45, 7) is 11.5. The van der Waals surface area contributed by atoms with E-state index in [1.54, 1.807) is 11.9 Å². The maximum atomic E-state index is 13.4. The van der Waals surface area contributed by atoms with Crippen molar-refractivity contribution in [3.05, 3.63) is 23.0 Å². The first-order chi connectivity index (χ1) is 14.5. The van der Waals surface area contributed by atoms with Crippen LogP contribution in [0.3, 0.4) is 0 Å². The Labute approximate surface area is 187 Å². The SMILES string of the molecule is CC[C@@H]1[C@H]2OC(C)(C)O[C@H]2[C@H](c2c[nH]c3c(Cl)nc(NC)cc23)N1C(=O)OC(C)(C)C. The van der Waals surface area contributed by atoms with Crippen LogP contribution < -0.4 is 5.32 Å². The van der Waals surface area contributed by atoms with Gasteiger partial charge in [0.25, 0.3) is 0 Å². The summed E-state index contributed by atoms with van der Waals surface area (Å²) in [5.74, 6) is -0.0877. The van der Waals surface area contributed by atoms with Gasteiger partial charge in [-0.25, -0.2) is 9.78 Å². The molecule has 4 rings (SSSR count). The number of halogens is 1. The van der Waals surface area contributed by atoms with Crippen LogP contribution in [0.4, 0.5) is 10.6 Å². The molecule has 4 atom stereocenters. The molecule has 1 amide bonds. The first-order valence-corrected chi connectivity index (χ1v) is 11.1. The average Bonchev–Trinajstić information content (AvgIpc) is 3.28. The van der Waals surface area contributed by atoms with E-state index in [-0.39, 0.29) is 24.3 Å². The molecule has 2 N–H and O–H groups in total. The van der Waals surface area contributed by atoms with E-state index >= 15 is 0 Å². The first-order valence-electron chi connectivity index (χ1n) is 10.7. The van der Waals surface area contributed by atoms with Gasteiger partial charge >= 0.3 is 6.09 Å². The average molecular weight is 451 g/mol. The summed E-state index contributed by atoms with van der Waals surface area (Å²) in [5.41, 5.74) is 0.995. The van der Waals surface area contributed by atoms with E-state index in [1.807, 2.05) is 53.8 Å². The molecule has 8 nitrogen and oxygen atoms in total. The van der Waals surface area contributed by atoms with Crippen molar-refractivity contribution in [3.8, 4) is 0 Å². The van der Waals surface area contributed by atoms with Gasteiger partial charge < -0.3 is 24.5 Å². The molecule has 0 bridgehead atoms. The van der Waals surface area contributed by atoms with Crippen LogP contribution in [-0.4, -0.2) is 57.6 Å². The smallest absolute Gasteiger partial charge is 0.411 e. The highest BCUT2D eigenvalue weighted by Crippen LogP contribution is 2.50. The van der Waals surface area contributed by atoms with Crippen molar-refractivity contribution in [2.75, 3.05) is 12.4 Å². The molecule has 2 aromatic heterocycles. The van der Waals surface area contributed by atoms with Gasteiger partial charge in [0, 0.05) is 24.2 Å². The fourth-order valence-corrected chi connectivity index (χ4v) is 4.93. The third-order valence-electron chi connectivity index (χ3n) is 5.77. The van der Waals surface area contributed by atoms with E-state index in [9.17, 15) is 4.79 Å². The summed E-state index contributed by atoms with van der Waals surface area (Å²) in [4.78, 5) is 22.7. The number of hydrogen-bond acceptors (Lipinski definition) is 6. The maximum Gasteiger partial charge on any atom is 0.411 e. The van der Waals surface area contributed by atoms with E-state index in [2.05, 4.69) is 15.3 Å². The first kappa shape index (κ1) is 22.2. The van der Waals surface area contributed by atoms with Crippen molar-refractivity contribution < 1.29 is 19.0 Å². The van der Waals surface area contributed by atoms with Crippen molar-refractivity contribution in [1.82, 2.24) is 14.9 Å². The van der Waals surface area contributed by atoms with Gasteiger partial charge in [-0.2, -0.15) is 0 Å². The molecule has 0 saturated carbocycles. The largest absolute Gasteiger partial charge is 0.444 e. The molecule has 2 saturated heterocycles. The zero-order chi connectivity index (χ0) is 22.7. The molecule has 0 aromatic carbocycles. The number of nitrogens with zero attached hydrogens (tertiary/aromatic N) is 2. The molecular weight excluding hydrogens is 420 g/mol. The van der Waals surface area contributed by atoms with Crippen LogP contribution >= 0.6 is 11.6 Å². The number of carbonyl (C=O) groups is 1. The molecule has 2 aliphatic heterocycles. The highest BCUT2D eigenvalue weighted by atomic mass is 35.5. The lowest BCUT2D eigenvalue weighted by atomic mass is 10.00. The third-order valence-corrected chi connectivity index (χ3v) is 6.04. The number of anilines is 1. The van der Waals surface area contributed by atoms with Gasteiger partial charge in [0.05, 0.1) is 17.6 Å². The molecule has 0 unspecified atom stereocenters. The van der Waals surface area contributed by atoms with E-state index in [1.165, 1.54) is 0 Å². The summed E-state index contributed by atoms with van der Waals surface area (Å²) in [6, 6.07) is 1.34. The molecule has 31 heavy (non-hydrogen) atoms. The number of rotatable bonds is 3. The Hall–Kier alpha value is -2.03. The number of amides is 1. The quantitative estimate of drug-likeness (QED) is 0.650. The van der Waals surface area contributed by atoms with Crippen molar-refractivity contribution in [2.45, 2.75) is 83.6 Å². The summed E-state index contributed by atoms with van der Waals surface area (Å²) < 4.78 is 18.4. The fraction of sp³-hybridized carbons (Fsp3) is 0.636.